The van der Waals surface area contributed by atoms with Crippen LogP contribution in [0.3, 0.4) is 0 Å². The Bertz CT molecular complexity index is 766. The number of aryl methyl sites for hydroxylation is 1. The van der Waals surface area contributed by atoms with Crippen LogP contribution in [0, 0.1) is 11.3 Å². The number of benzene rings is 1. The predicted molar refractivity (Wildman–Crippen MR) is 96.9 cm³/mol. The number of allylic oxidation sites excluding steroid dienone is 1. The normalized spacial score (nSPS) is 15.2. The molecule has 1 aromatic carbocycles. The monoisotopic (exact) mass is 340 g/mol. The van der Waals surface area contributed by atoms with E-state index in [-0.39, 0.29) is 0 Å². The van der Waals surface area contributed by atoms with Crippen molar-refractivity contribution >= 4 is 11.6 Å². The van der Waals surface area contributed by atoms with E-state index < -0.39 is 0 Å². The lowest BCUT2D eigenvalue weighted by molar-refractivity contribution is 0.343. The van der Waals surface area contributed by atoms with E-state index in [2.05, 4.69) is 33.9 Å². The summed E-state index contributed by atoms with van der Waals surface area (Å²) in [5, 5.41) is 17.6. The highest BCUT2D eigenvalue weighted by atomic mass is 35.5. The Morgan fingerprint density at radius 2 is 2.21 bits per heavy atom. The third kappa shape index (κ3) is 3.87. The van der Waals surface area contributed by atoms with Crippen LogP contribution in [0.2, 0.25) is 5.02 Å². The largest absolute Gasteiger partial charge is 0.317 e. The van der Waals surface area contributed by atoms with E-state index in [0.29, 0.717) is 23.1 Å². The van der Waals surface area contributed by atoms with Crippen molar-refractivity contribution in [1.82, 2.24) is 15.1 Å². The first-order valence-electron chi connectivity index (χ1n) is 8.29. The first-order valence-corrected chi connectivity index (χ1v) is 8.66. The molecule has 0 aliphatic carbocycles. The molecule has 0 radical (unpaired) electrons. The third-order valence-electron chi connectivity index (χ3n) is 4.52. The Kier molecular flexibility index (Phi) is 5.34. The van der Waals surface area contributed by atoms with Gasteiger partial charge in [-0.15, -0.1) is 0 Å². The number of rotatable bonds is 5. The van der Waals surface area contributed by atoms with Crippen LogP contribution in [0.25, 0.3) is 11.1 Å². The molecule has 1 aliphatic heterocycles. The van der Waals surface area contributed by atoms with E-state index in [9.17, 15) is 0 Å². The van der Waals surface area contributed by atoms with Crippen molar-refractivity contribution in [2.24, 2.45) is 0 Å². The van der Waals surface area contributed by atoms with Gasteiger partial charge in [-0.2, -0.15) is 10.4 Å². The van der Waals surface area contributed by atoms with Gasteiger partial charge in [-0.25, -0.2) is 0 Å². The summed E-state index contributed by atoms with van der Waals surface area (Å²) >= 11 is 6.21. The molecular weight excluding hydrogens is 320 g/mol. The molecule has 1 aromatic heterocycles. The molecule has 0 atom stereocenters. The van der Waals surface area contributed by atoms with E-state index in [4.69, 9.17) is 16.9 Å². The van der Waals surface area contributed by atoms with Gasteiger partial charge in [0.05, 0.1) is 18.3 Å². The van der Waals surface area contributed by atoms with Crippen LogP contribution in [0.15, 0.2) is 42.7 Å². The van der Waals surface area contributed by atoms with Gasteiger partial charge >= 0.3 is 0 Å². The van der Waals surface area contributed by atoms with Crippen molar-refractivity contribution in [3.63, 3.8) is 0 Å². The first-order chi connectivity index (χ1) is 11.7. The molecular formula is C19H21ClN4. The van der Waals surface area contributed by atoms with Gasteiger partial charge in [0.25, 0.3) is 0 Å². The average molecular weight is 341 g/mol. The highest BCUT2D eigenvalue weighted by molar-refractivity contribution is 6.30. The number of hydrogen-bond acceptors (Lipinski definition) is 3. The zero-order valence-electron chi connectivity index (χ0n) is 13.6. The van der Waals surface area contributed by atoms with Gasteiger partial charge in [0.1, 0.15) is 0 Å². The van der Waals surface area contributed by atoms with Crippen LogP contribution in [-0.2, 0) is 6.42 Å². The van der Waals surface area contributed by atoms with Crippen LogP contribution in [0.5, 0.6) is 0 Å². The fourth-order valence-corrected chi connectivity index (χ4v) is 3.30. The minimum absolute atomic E-state index is 0.459. The van der Waals surface area contributed by atoms with E-state index in [1.54, 1.807) is 0 Å². The molecule has 24 heavy (non-hydrogen) atoms. The quantitative estimate of drug-likeness (QED) is 0.832. The molecule has 2 aromatic rings. The second-order valence-corrected chi connectivity index (χ2v) is 6.64. The molecule has 1 N–H and O–H groups in total. The molecule has 3 rings (SSSR count). The summed E-state index contributed by atoms with van der Waals surface area (Å²) in [6, 6.07) is 8.48. The van der Waals surface area contributed by atoms with Crippen molar-refractivity contribution in [3.05, 3.63) is 53.3 Å². The van der Waals surface area contributed by atoms with Gasteiger partial charge < -0.3 is 5.32 Å². The van der Waals surface area contributed by atoms with Gasteiger partial charge in [0.2, 0.25) is 0 Å². The summed E-state index contributed by atoms with van der Waals surface area (Å²) in [6.07, 6.45) is 7.67. The molecule has 1 aliphatic rings. The first kappa shape index (κ1) is 16.8. The van der Waals surface area contributed by atoms with E-state index >= 15 is 0 Å². The maximum atomic E-state index is 8.90. The average Bonchev–Trinajstić information content (AvgIpc) is 3.11. The zero-order valence-corrected chi connectivity index (χ0v) is 14.4. The van der Waals surface area contributed by atoms with E-state index in [0.717, 1.165) is 43.5 Å². The topological polar surface area (TPSA) is 53.6 Å². The molecule has 0 amide bonds. The lowest BCUT2D eigenvalue weighted by Crippen LogP contribution is -2.29. The van der Waals surface area contributed by atoms with E-state index in [1.807, 2.05) is 24.4 Å². The summed E-state index contributed by atoms with van der Waals surface area (Å²) in [7, 11) is 0. The molecule has 0 saturated carbocycles. The summed E-state index contributed by atoms with van der Waals surface area (Å²) in [5.74, 6) is 0. The lowest BCUT2D eigenvalue weighted by Gasteiger charge is -2.22. The van der Waals surface area contributed by atoms with Crippen molar-refractivity contribution in [1.29, 1.82) is 5.26 Å². The van der Waals surface area contributed by atoms with E-state index in [1.165, 1.54) is 5.56 Å². The number of piperidine rings is 1. The Hall–Kier alpha value is -2.09. The van der Waals surface area contributed by atoms with Gasteiger partial charge in [-0.05, 0) is 62.0 Å². The number of aromatic nitrogens is 2. The Morgan fingerprint density at radius 3 is 2.96 bits per heavy atom. The summed E-state index contributed by atoms with van der Waals surface area (Å²) in [4.78, 5) is 0. The van der Waals surface area contributed by atoms with Gasteiger partial charge in [0, 0.05) is 22.4 Å². The van der Waals surface area contributed by atoms with Gasteiger partial charge in [-0.1, -0.05) is 24.2 Å². The Balaban J connectivity index is 1.85. The van der Waals surface area contributed by atoms with Crippen molar-refractivity contribution in [2.45, 2.75) is 31.7 Å². The van der Waals surface area contributed by atoms with Gasteiger partial charge in [0.15, 0.2) is 0 Å². The van der Waals surface area contributed by atoms with Crippen LogP contribution < -0.4 is 5.32 Å². The maximum absolute atomic E-state index is 8.90. The van der Waals surface area contributed by atoms with Crippen LogP contribution >= 0.6 is 11.6 Å². The summed E-state index contributed by atoms with van der Waals surface area (Å²) in [6.45, 7) is 5.84. The molecule has 5 heteroatoms. The van der Waals surface area contributed by atoms with Crippen molar-refractivity contribution in [3.8, 4) is 17.2 Å². The second kappa shape index (κ2) is 7.65. The number of nitrogens with one attached hydrogen (secondary N) is 1. The van der Waals surface area contributed by atoms with Crippen LogP contribution in [-0.4, -0.2) is 22.9 Å². The molecule has 2 heterocycles. The Morgan fingerprint density at radius 1 is 1.42 bits per heavy atom. The summed E-state index contributed by atoms with van der Waals surface area (Å²) in [5.41, 5.74) is 3.93. The molecule has 0 bridgehead atoms. The lowest BCUT2D eigenvalue weighted by atomic mass is 9.97. The minimum atomic E-state index is 0.459. The standard InChI is InChI=1S/C19H21ClN4/c1-14(11-21)2-3-15-4-5-17(20)10-19(15)16-12-23-24(13-16)18-6-8-22-9-7-18/h4-5,10,12-13,18,22H,1-3,6-9H2. The number of halogens is 1. The zero-order chi connectivity index (χ0) is 16.9. The third-order valence-corrected chi connectivity index (χ3v) is 4.76. The fraction of sp³-hybridized carbons (Fsp3) is 0.368. The minimum Gasteiger partial charge on any atom is -0.317 e. The summed E-state index contributed by atoms with van der Waals surface area (Å²) < 4.78 is 2.08. The number of nitrogens with zero attached hydrogens (tertiary/aromatic N) is 3. The smallest absolute Gasteiger partial charge is 0.0940 e. The van der Waals surface area contributed by atoms with Gasteiger partial charge in [-0.3, -0.25) is 4.68 Å². The highest BCUT2D eigenvalue weighted by Gasteiger charge is 2.17. The Labute approximate surface area is 147 Å². The van der Waals surface area contributed by atoms with Crippen LogP contribution in [0.1, 0.15) is 30.9 Å². The number of hydrogen-bond donors (Lipinski definition) is 1. The molecule has 0 spiro atoms. The highest BCUT2D eigenvalue weighted by Crippen LogP contribution is 2.30. The van der Waals surface area contributed by atoms with Crippen LogP contribution in [0.4, 0.5) is 0 Å². The molecule has 1 saturated heterocycles. The predicted octanol–water partition coefficient (Wildman–Crippen LogP) is 4.14. The van der Waals surface area contributed by atoms with Crippen molar-refractivity contribution in [2.75, 3.05) is 13.1 Å². The second-order valence-electron chi connectivity index (χ2n) is 6.21. The van der Waals surface area contributed by atoms with Crippen molar-refractivity contribution < 1.29 is 0 Å². The maximum Gasteiger partial charge on any atom is 0.0940 e. The molecule has 1 fully saturated rings. The SMILES string of the molecule is C=C(C#N)CCc1ccc(Cl)cc1-c1cnn(C2CCNCC2)c1. The molecule has 0 unspecified atom stereocenters. The fourth-order valence-electron chi connectivity index (χ4n) is 3.12. The molecule has 4 nitrogen and oxygen atoms in total. The number of nitriles is 1. The molecule has 124 valence electrons.